The summed E-state index contributed by atoms with van der Waals surface area (Å²) in [4.78, 5) is 22.8. The molecule has 27 heavy (non-hydrogen) atoms. The molecule has 0 bridgehead atoms. The topological polar surface area (TPSA) is 36.4 Å². The number of carbonyl (C=O) groups is 1. The van der Waals surface area contributed by atoms with Gasteiger partial charge in [-0.2, -0.15) is 0 Å². The predicted octanol–water partition coefficient (Wildman–Crippen LogP) is 4.35. The van der Waals surface area contributed by atoms with E-state index in [0.717, 1.165) is 41.7 Å². The summed E-state index contributed by atoms with van der Waals surface area (Å²) in [7, 11) is 0. The van der Waals surface area contributed by atoms with Crippen LogP contribution in [0.5, 0.6) is 0 Å². The lowest BCUT2D eigenvalue weighted by Crippen LogP contribution is -2.49. The monoisotopic (exact) mass is 397 g/mol. The van der Waals surface area contributed by atoms with Crippen LogP contribution in [0.2, 0.25) is 0 Å². The van der Waals surface area contributed by atoms with Crippen LogP contribution < -0.4 is 4.90 Å². The molecule has 1 aliphatic rings. The third-order valence-electron chi connectivity index (χ3n) is 4.90. The summed E-state index contributed by atoms with van der Waals surface area (Å²) < 4.78 is 1.23. The number of amides is 1. The van der Waals surface area contributed by atoms with Crippen LogP contribution in [-0.2, 0) is 4.79 Å². The van der Waals surface area contributed by atoms with Gasteiger partial charge in [0.05, 0.1) is 16.0 Å². The van der Waals surface area contributed by atoms with E-state index < -0.39 is 0 Å². The van der Waals surface area contributed by atoms with Gasteiger partial charge < -0.3 is 9.80 Å². The Balaban J connectivity index is 1.33. The highest BCUT2D eigenvalue weighted by atomic mass is 32.2. The first kappa shape index (κ1) is 18.3. The van der Waals surface area contributed by atoms with Gasteiger partial charge in [0.2, 0.25) is 5.91 Å². The molecule has 0 unspecified atom stereocenters. The predicted molar refractivity (Wildman–Crippen MR) is 115 cm³/mol. The standard InChI is InChI=1S/C21H23N3OS2/c1-15-6-8-17(9-7-15)26-14-19(25)23-10-12-24(13-11-23)21-22-20-16(2)4-3-5-18(20)27-21/h3-9H,10-14H2,1-2H3. The third-order valence-corrected chi connectivity index (χ3v) is 6.97. The third kappa shape index (κ3) is 4.12. The number of benzene rings is 2. The van der Waals surface area contributed by atoms with Crippen molar-refractivity contribution < 1.29 is 4.79 Å². The summed E-state index contributed by atoms with van der Waals surface area (Å²) in [6, 6.07) is 14.7. The lowest BCUT2D eigenvalue weighted by molar-refractivity contribution is -0.128. The zero-order valence-corrected chi connectivity index (χ0v) is 17.3. The first-order valence-electron chi connectivity index (χ1n) is 9.18. The van der Waals surface area contributed by atoms with Gasteiger partial charge in [-0.3, -0.25) is 4.79 Å². The molecule has 3 aromatic rings. The number of rotatable bonds is 4. The number of hydrogen-bond donors (Lipinski definition) is 0. The Morgan fingerprint density at radius 2 is 1.81 bits per heavy atom. The van der Waals surface area contributed by atoms with E-state index in [1.165, 1.54) is 15.8 Å². The number of thioether (sulfide) groups is 1. The van der Waals surface area contributed by atoms with Crippen LogP contribution in [0.3, 0.4) is 0 Å². The first-order chi connectivity index (χ1) is 13.1. The number of aryl methyl sites for hydroxylation is 2. The van der Waals surface area contributed by atoms with Crippen molar-refractivity contribution in [3.63, 3.8) is 0 Å². The van der Waals surface area contributed by atoms with Crippen molar-refractivity contribution >= 4 is 44.4 Å². The van der Waals surface area contributed by atoms with Crippen LogP contribution in [0.4, 0.5) is 5.13 Å². The maximum absolute atomic E-state index is 12.5. The molecule has 1 aliphatic heterocycles. The molecule has 4 rings (SSSR count). The molecule has 0 saturated carbocycles. The maximum atomic E-state index is 12.5. The molecule has 140 valence electrons. The second kappa shape index (κ2) is 7.90. The van der Waals surface area contributed by atoms with Crippen molar-refractivity contribution in [1.82, 2.24) is 9.88 Å². The highest BCUT2D eigenvalue weighted by molar-refractivity contribution is 8.00. The number of thiazole rings is 1. The number of carbonyl (C=O) groups excluding carboxylic acids is 1. The molecule has 6 heteroatoms. The average molecular weight is 398 g/mol. The number of anilines is 1. The van der Waals surface area contributed by atoms with Crippen molar-refractivity contribution in [3.8, 4) is 0 Å². The van der Waals surface area contributed by atoms with Gasteiger partial charge in [-0.15, -0.1) is 11.8 Å². The van der Waals surface area contributed by atoms with E-state index >= 15 is 0 Å². The Hall–Kier alpha value is -2.05. The molecule has 0 atom stereocenters. The van der Waals surface area contributed by atoms with Crippen LogP contribution in [0, 0.1) is 13.8 Å². The fourth-order valence-electron chi connectivity index (χ4n) is 3.23. The Morgan fingerprint density at radius 1 is 1.07 bits per heavy atom. The smallest absolute Gasteiger partial charge is 0.233 e. The minimum absolute atomic E-state index is 0.223. The lowest BCUT2D eigenvalue weighted by atomic mass is 10.2. The quantitative estimate of drug-likeness (QED) is 0.613. The van der Waals surface area contributed by atoms with E-state index in [1.54, 1.807) is 23.1 Å². The Labute approximate surface area is 168 Å². The summed E-state index contributed by atoms with van der Waals surface area (Å²) in [5.41, 5.74) is 3.56. The number of nitrogens with zero attached hydrogens (tertiary/aromatic N) is 3. The molecule has 0 radical (unpaired) electrons. The van der Waals surface area contributed by atoms with Crippen LogP contribution in [0.1, 0.15) is 11.1 Å². The highest BCUT2D eigenvalue weighted by Crippen LogP contribution is 2.31. The number of fused-ring (bicyclic) bond motifs is 1. The second-order valence-electron chi connectivity index (χ2n) is 6.89. The summed E-state index contributed by atoms with van der Waals surface area (Å²) in [6.07, 6.45) is 0. The van der Waals surface area contributed by atoms with Crippen molar-refractivity contribution in [2.45, 2.75) is 18.7 Å². The Morgan fingerprint density at radius 3 is 2.52 bits per heavy atom. The maximum Gasteiger partial charge on any atom is 0.233 e. The molecular weight excluding hydrogens is 374 g/mol. The van der Waals surface area contributed by atoms with Gasteiger partial charge in [0.15, 0.2) is 5.13 Å². The van der Waals surface area contributed by atoms with E-state index in [4.69, 9.17) is 4.98 Å². The average Bonchev–Trinajstić information content (AvgIpc) is 3.13. The van der Waals surface area contributed by atoms with Gasteiger partial charge >= 0.3 is 0 Å². The first-order valence-corrected chi connectivity index (χ1v) is 11.0. The van der Waals surface area contributed by atoms with Gasteiger partial charge in [0, 0.05) is 31.1 Å². The normalized spacial score (nSPS) is 14.7. The Kier molecular flexibility index (Phi) is 5.36. The van der Waals surface area contributed by atoms with Gasteiger partial charge in [-0.25, -0.2) is 4.98 Å². The number of piperazine rings is 1. The van der Waals surface area contributed by atoms with Gasteiger partial charge in [-0.05, 0) is 37.6 Å². The zero-order chi connectivity index (χ0) is 18.8. The summed E-state index contributed by atoms with van der Waals surface area (Å²) in [6.45, 7) is 7.41. The minimum Gasteiger partial charge on any atom is -0.345 e. The summed E-state index contributed by atoms with van der Waals surface area (Å²) in [5.74, 6) is 0.726. The summed E-state index contributed by atoms with van der Waals surface area (Å²) >= 11 is 3.36. The molecule has 1 amide bonds. The second-order valence-corrected chi connectivity index (χ2v) is 8.95. The van der Waals surface area contributed by atoms with Crippen LogP contribution in [-0.4, -0.2) is 47.7 Å². The number of hydrogen-bond acceptors (Lipinski definition) is 5. The fourth-order valence-corrected chi connectivity index (χ4v) is 5.12. The zero-order valence-electron chi connectivity index (χ0n) is 15.6. The van der Waals surface area contributed by atoms with E-state index in [1.807, 2.05) is 4.90 Å². The molecule has 2 aromatic carbocycles. The lowest BCUT2D eigenvalue weighted by Gasteiger charge is -2.34. The van der Waals surface area contributed by atoms with Crippen molar-refractivity contribution in [3.05, 3.63) is 53.6 Å². The van der Waals surface area contributed by atoms with Crippen molar-refractivity contribution in [2.75, 3.05) is 36.8 Å². The van der Waals surface area contributed by atoms with Crippen LogP contribution >= 0.6 is 23.1 Å². The number of aromatic nitrogens is 1. The van der Waals surface area contributed by atoms with E-state index in [9.17, 15) is 4.79 Å². The van der Waals surface area contributed by atoms with Gasteiger partial charge in [-0.1, -0.05) is 41.2 Å². The minimum atomic E-state index is 0.223. The van der Waals surface area contributed by atoms with E-state index in [0.29, 0.717) is 5.75 Å². The van der Waals surface area contributed by atoms with Crippen molar-refractivity contribution in [2.24, 2.45) is 0 Å². The van der Waals surface area contributed by atoms with Gasteiger partial charge in [0.1, 0.15) is 0 Å². The molecule has 0 N–H and O–H groups in total. The van der Waals surface area contributed by atoms with Crippen LogP contribution in [0.15, 0.2) is 47.4 Å². The van der Waals surface area contributed by atoms with Crippen LogP contribution in [0.25, 0.3) is 10.2 Å². The Bertz CT molecular complexity index is 944. The molecule has 0 aliphatic carbocycles. The molecule has 0 spiro atoms. The molecule has 2 heterocycles. The molecule has 4 nitrogen and oxygen atoms in total. The van der Waals surface area contributed by atoms with E-state index in [2.05, 4.69) is 61.2 Å². The highest BCUT2D eigenvalue weighted by Gasteiger charge is 2.23. The van der Waals surface area contributed by atoms with Crippen molar-refractivity contribution in [1.29, 1.82) is 0 Å². The summed E-state index contributed by atoms with van der Waals surface area (Å²) in [5, 5.41) is 1.07. The molecule has 1 saturated heterocycles. The van der Waals surface area contributed by atoms with E-state index in [-0.39, 0.29) is 5.91 Å². The molecular formula is C21H23N3OS2. The number of para-hydroxylation sites is 1. The molecule has 1 aromatic heterocycles. The molecule has 1 fully saturated rings. The fraction of sp³-hybridized carbons (Fsp3) is 0.333. The SMILES string of the molecule is Cc1ccc(SCC(=O)N2CCN(c3nc4c(C)cccc4s3)CC2)cc1. The van der Waals surface area contributed by atoms with Gasteiger partial charge in [0.25, 0.3) is 0 Å². The largest absolute Gasteiger partial charge is 0.345 e.